The normalized spacial score (nSPS) is 19.1. The Balaban J connectivity index is 2.21. The minimum absolute atomic E-state index is 0.0674. The Morgan fingerprint density at radius 2 is 2.20 bits per heavy atom. The summed E-state index contributed by atoms with van der Waals surface area (Å²) in [5.41, 5.74) is 7.87. The molecule has 1 aliphatic heterocycles. The van der Waals surface area contributed by atoms with Crippen molar-refractivity contribution in [3.05, 3.63) is 35.5 Å². The molecule has 0 radical (unpaired) electrons. The number of guanidine groups is 1. The number of aromatic amines is 1. The summed E-state index contributed by atoms with van der Waals surface area (Å²) in [6.07, 6.45) is 0. The molecule has 0 amide bonds. The van der Waals surface area contributed by atoms with Crippen molar-refractivity contribution in [3.8, 4) is 0 Å². The van der Waals surface area contributed by atoms with Crippen LogP contribution >= 0.6 is 0 Å². The summed E-state index contributed by atoms with van der Waals surface area (Å²) in [5, 5.41) is 10.4. The number of nitrogens with one attached hydrogen (secondary N) is 1. The third-order valence-corrected chi connectivity index (χ3v) is 3.96. The third-order valence-electron chi connectivity index (χ3n) is 3.96. The SMILES string of the molecule is CN1C(N)=[N+](C)CC1c1c(C(=O)O)[nH]c2ccccc12. The Kier molecular flexibility index (Phi) is 2.67. The Bertz CT molecular complexity index is 732. The molecule has 104 valence electrons. The van der Waals surface area contributed by atoms with Crippen LogP contribution in [-0.2, 0) is 0 Å². The van der Waals surface area contributed by atoms with Crippen LogP contribution in [0.25, 0.3) is 10.9 Å². The number of hydrogen-bond donors (Lipinski definition) is 3. The standard InChI is InChI=1S/C14H16N4O2/c1-17-7-10(18(2)14(17)15)11-8-5-3-4-6-9(8)16-12(11)13(19)20/h3-6,10,15-16H,7H2,1-2H3,(H,19,20)/p+1. The average molecular weight is 273 g/mol. The molecular weight excluding hydrogens is 256 g/mol. The first kappa shape index (κ1) is 12.5. The smallest absolute Gasteiger partial charge is 0.352 e. The van der Waals surface area contributed by atoms with Crippen LogP contribution in [0.2, 0.25) is 0 Å². The van der Waals surface area contributed by atoms with E-state index in [1.54, 1.807) is 0 Å². The molecule has 1 aliphatic rings. The zero-order chi connectivity index (χ0) is 14.4. The van der Waals surface area contributed by atoms with Gasteiger partial charge in [0.05, 0.1) is 14.1 Å². The van der Waals surface area contributed by atoms with E-state index in [9.17, 15) is 9.90 Å². The zero-order valence-corrected chi connectivity index (χ0v) is 11.4. The zero-order valence-electron chi connectivity index (χ0n) is 11.4. The van der Waals surface area contributed by atoms with Crippen LogP contribution in [0, 0.1) is 0 Å². The second-order valence-electron chi connectivity index (χ2n) is 5.13. The summed E-state index contributed by atoms with van der Waals surface area (Å²) in [5.74, 6) is -0.297. The molecule has 0 fully saturated rings. The van der Waals surface area contributed by atoms with Crippen LogP contribution in [-0.4, -0.2) is 52.1 Å². The van der Waals surface area contributed by atoms with E-state index in [4.69, 9.17) is 5.73 Å². The number of fused-ring (bicyclic) bond motifs is 1. The fourth-order valence-electron chi connectivity index (χ4n) is 2.87. The molecule has 6 heteroatoms. The number of nitrogens with two attached hydrogens (primary N) is 1. The summed E-state index contributed by atoms with van der Waals surface area (Å²) >= 11 is 0. The molecule has 3 rings (SSSR count). The number of carboxylic acids is 1. The van der Waals surface area contributed by atoms with Crippen molar-refractivity contribution >= 4 is 22.8 Å². The molecule has 0 aliphatic carbocycles. The number of likely N-dealkylation sites (N-methyl/N-ethyl adjacent to an activating group) is 2. The molecular formula is C14H17N4O2+. The minimum Gasteiger partial charge on any atom is -0.477 e. The van der Waals surface area contributed by atoms with E-state index in [2.05, 4.69) is 4.98 Å². The largest absolute Gasteiger partial charge is 0.477 e. The lowest BCUT2D eigenvalue weighted by Crippen LogP contribution is -2.34. The molecule has 20 heavy (non-hydrogen) atoms. The predicted octanol–water partition coefficient (Wildman–Crippen LogP) is 0.810. The number of benzene rings is 1. The Morgan fingerprint density at radius 1 is 1.50 bits per heavy atom. The van der Waals surface area contributed by atoms with Crippen molar-refractivity contribution in [3.63, 3.8) is 0 Å². The molecule has 1 aromatic carbocycles. The summed E-state index contributed by atoms with van der Waals surface area (Å²) < 4.78 is 1.93. The molecule has 4 N–H and O–H groups in total. The first-order valence-electron chi connectivity index (χ1n) is 6.41. The highest BCUT2D eigenvalue weighted by molar-refractivity contribution is 5.98. The lowest BCUT2D eigenvalue weighted by Gasteiger charge is -2.16. The molecule has 0 bridgehead atoms. The Labute approximate surface area is 116 Å². The van der Waals surface area contributed by atoms with Gasteiger partial charge in [0, 0.05) is 16.5 Å². The van der Waals surface area contributed by atoms with Gasteiger partial charge in [-0.25, -0.2) is 4.79 Å². The van der Waals surface area contributed by atoms with E-state index in [-0.39, 0.29) is 11.7 Å². The third kappa shape index (κ3) is 1.65. The van der Waals surface area contributed by atoms with Gasteiger partial charge in [-0.2, -0.15) is 0 Å². The number of carboxylic acid groups (broad SMARTS) is 1. The van der Waals surface area contributed by atoms with Gasteiger partial charge in [0.15, 0.2) is 0 Å². The molecule has 1 aromatic heterocycles. The number of nitrogens with zero attached hydrogens (tertiary/aromatic N) is 2. The van der Waals surface area contributed by atoms with Gasteiger partial charge in [0.1, 0.15) is 18.3 Å². The number of rotatable bonds is 2. The number of aromatic nitrogens is 1. The molecule has 0 saturated heterocycles. The highest BCUT2D eigenvalue weighted by atomic mass is 16.4. The maximum Gasteiger partial charge on any atom is 0.352 e. The number of H-pyrrole nitrogens is 1. The van der Waals surface area contributed by atoms with Gasteiger partial charge >= 0.3 is 11.9 Å². The number of carbonyl (C=O) groups is 1. The van der Waals surface area contributed by atoms with Crippen LogP contribution in [0.5, 0.6) is 0 Å². The first-order chi connectivity index (χ1) is 9.50. The van der Waals surface area contributed by atoms with Crippen molar-refractivity contribution in [2.75, 3.05) is 20.6 Å². The number of aromatic carboxylic acids is 1. The number of hydrogen-bond acceptors (Lipinski definition) is 3. The van der Waals surface area contributed by atoms with E-state index >= 15 is 0 Å². The highest BCUT2D eigenvalue weighted by Crippen LogP contribution is 2.33. The van der Waals surface area contributed by atoms with Crippen LogP contribution in [0.4, 0.5) is 0 Å². The lowest BCUT2D eigenvalue weighted by atomic mass is 10.0. The summed E-state index contributed by atoms with van der Waals surface area (Å²) in [6, 6.07) is 7.56. The van der Waals surface area contributed by atoms with E-state index in [1.165, 1.54) is 0 Å². The molecule has 2 heterocycles. The molecule has 0 saturated carbocycles. The van der Waals surface area contributed by atoms with Crippen LogP contribution in [0.3, 0.4) is 0 Å². The van der Waals surface area contributed by atoms with E-state index in [1.807, 2.05) is 47.8 Å². The first-order valence-corrected chi connectivity index (χ1v) is 6.41. The summed E-state index contributed by atoms with van der Waals surface area (Å²) in [4.78, 5) is 16.4. The fraction of sp³-hybridized carbons (Fsp3) is 0.286. The van der Waals surface area contributed by atoms with Gasteiger partial charge in [-0.15, -0.1) is 0 Å². The van der Waals surface area contributed by atoms with Crippen molar-refractivity contribution in [1.29, 1.82) is 0 Å². The fourth-order valence-corrected chi connectivity index (χ4v) is 2.87. The topological polar surface area (TPSA) is 85.4 Å². The second-order valence-corrected chi connectivity index (χ2v) is 5.13. The number of para-hydroxylation sites is 1. The molecule has 2 aromatic rings. The second kappa shape index (κ2) is 4.26. The Hall–Kier alpha value is -2.50. The molecule has 6 nitrogen and oxygen atoms in total. The van der Waals surface area contributed by atoms with Gasteiger partial charge in [0.25, 0.3) is 0 Å². The van der Waals surface area contributed by atoms with Gasteiger partial charge in [-0.3, -0.25) is 15.2 Å². The van der Waals surface area contributed by atoms with E-state index in [0.29, 0.717) is 12.5 Å². The van der Waals surface area contributed by atoms with Gasteiger partial charge in [-0.1, -0.05) is 18.2 Å². The van der Waals surface area contributed by atoms with Crippen molar-refractivity contribution in [2.45, 2.75) is 6.04 Å². The monoisotopic (exact) mass is 273 g/mol. The average Bonchev–Trinajstić information content (AvgIpc) is 2.92. The molecule has 0 spiro atoms. The van der Waals surface area contributed by atoms with Crippen LogP contribution in [0.15, 0.2) is 24.3 Å². The maximum absolute atomic E-state index is 11.5. The quantitative estimate of drug-likeness (QED) is 0.707. The molecule has 1 unspecified atom stereocenters. The summed E-state index contributed by atoms with van der Waals surface area (Å²) in [6.45, 7) is 0.671. The van der Waals surface area contributed by atoms with Crippen molar-refractivity contribution in [2.24, 2.45) is 5.73 Å². The van der Waals surface area contributed by atoms with Gasteiger partial charge < -0.3 is 10.1 Å². The van der Waals surface area contributed by atoms with E-state index < -0.39 is 5.97 Å². The minimum atomic E-state index is -0.947. The summed E-state index contributed by atoms with van der Waals surface area (Å²) in [7, 11) is 3.79. The van der Waals surface area contributed by atoms with Gasteiger partial charge in [0.2, 0.25) is 0 Å². The lowest BCUT2D eigenvalue weighted by molar-refractivity contribution is -0.491. The van der Waals surface area contributed by atoms with Crippen molar-refractivity contribution < 1.29 is 14.5 Å². The maximum atomic E-state index is 11.5. The Morgan fingerprint density at radius 3 is 2.80 bits per heavy atom. The molecule has 1 atom stereocenters. The predicted molar refractivity (Wildman–Crippen MR) is 76.0 cm³/mol. The van der Waals surface area contributed by atoms with Gasteiger partial charge in [-0.05, 0) is 6.07 Å². The van der Waals surface area contributed by atoms with Crippen LogP contribution < -0.4 is 5.73 Å². The van der Waals surface area contributed by atoms with E-state index in [0.717, 1.165) is 16.5 Å². The van der Waals surface area contributed by atoms with Crippen molar-refractivity contribution in [1.82, 2.24) is 9.88 Å². The highest BCUT2D eigenvalue weighted by Gasteiger charge is 2.37. The van der Waals surface area contributed by atoms with Crippen LogP contribution in [0.1, 0.15) is 22.1 Å².